The average Bonchev–Trinajstić information content (AvgIpc) is 2.17. The summed E-state index contributed by atoms with van der Waals surface area (Å²) in [6.07, 6.45) is 2.61. The van der Waals surface area contributed by atoms with Crippen molar-refractivity contribution in [2.75, 3.05) is 36.5 Å². The third-order valence-electron chi connectivity index (χ3n) is 2.02. The summed E-state index contributed by atoms with van der Waals surface area (Å²) >= 11 is 5.52. The van der Waals surface area contributed by atoms with Crippen LogP contribution in [0.25, 0.3) is 0 Å². The second-order valence-corrected chi connectivity index (χ2v) is 5.21. The highest BCUT2D eigenvalue weighted by molar-refractivity contribution is 9.09. The van der Waals surface area contributed by atoms with Gasteiger partial charge in [0.2, 0.25) is 0 Å². The Hall–Kier alpha value is 0.790. The lowest BCUT2D eigenvalue weighted by Gasteiger charge is -2.19. The van der Waals surface area contributed by atoms with Gasteiger partial charge in [-0.2, -0.15) is 11.8 Å². The molecule has 0 aliphatic carbocycles. The molecule has 0 radical (unpaired) electrons. The molecule has 0 saturated carbocycles. The van der Waals surface area contributed by atoms with Crippen LogP contribution in [0.3, 0.4) is 0 Å². The molecule has 0 aromatic heterocycles. The summed E-state index contributed by atoms with van der Waals surface area (Å²) in [6.45, 7) is 8.20. The molecule has 0 aromatic carbocycles. The van der Waals surface area contributed by atoms with Crippen molar-refractivity contribution >= 4 is 27.7 Å². The van der Waals surface area contributed by atoms with Crippen molar-refractivity contribution in [1.82, 2.24) is 4.90 Å². The number of alkyl halides is 1. The number of hydrogen-bond acceptors (Lipinski definition) is 2. The van der Waals surface area contributed by atoms with Crippen molar-refractivity contribution in [2.24, 2.45) is 0 Å². The van der Waals surface area contributed by atoms with E-state index in [1.165, 1.54) is 44.0 Å². The summed E-state index contributed by atoms with van der Waals surface area (Å²) in [7, 11) is 0. The van der Waals surface area contributed by atoms with Crippen LogP contribution in [0.15, 0.2) is 0 Å². The molecule has 1 nitrogen and oxygen atoms in total. The lowest BCUT2D eigenvalue weighted by Crippen LogP contribution is -2.26. The van der Waals surface area contributed by atoms with E-state index in [-0.39, 0.29) is 0 Å². The zero-order valence-corrected chi connectivity index (χ0v) is 11.3. The first kappa shape index (κ1) is 13.8. The lowest BCUT2D eigenvalue weighted by molar-refractivity contribution is 0.291. The second kappa shape index (κ2) is 10.9. The molecule has 0 spiro atoms. The quantitative estimate of drug-likeness (QED) is 0.466. The fourth-order valence-corrected chi connectivity index (χ4v) is 2.12. The van der Waals surface area contributed by atoms with Gasteiger partial charge in [-0.3, -0.25) is 0 Å². The minimum absolute atomic E-state index is 1.13. The zero-order valence-electron chi connectivity index (χ0n) is 8.89. The summed E-state index contributed by atoms with van der Waals surface area (Å²) in [5, 5.41) is 1.13. The van der Waals surface area contributed by atoms with Gasteiger partial charge < -0.3 is 4.90 Å². The molecule has 0 N–H and O–H groups in total. The topological polar surface area (TPSA) is 3.24 Å². The number of nitrogens with zero attached hydrogens (tertiary/aromatic N) is 1. The SMILES string of the molecule is CCSCCCN(CC)CCCBr. The highest BCUT2D eigenvalue weighted by Crippen LogP contribution is 2.03. The van der Waals surface area contributed by atoms with Crippen molar-refractivity contribution in [1.29, 1.82) is 0 Å². The van der Waals surface area contributed by atoms with E-state index in [1.54, 1.807) is 0 Å². The van der Waals surface area contributed by atoms with Gasteiger partial charge >= 0.3 is 0 Å². The van der Waals surface area contributed by atoms with Gasteiger partial charge in [-0.1, -0.05) is 29.8 Å². The average molecular weight is 268 g/mol. The maximum absolute atomic E-state index is 3.47. The fraction of sp³-hybridized carbons (Fsp3) is 1.00. The van der Waals surface area contributed by atoms with Crippen LogP contribution in [0.1, 0.15) is 26.7 Å². The molecule has 0 bridgehead atoms. The maximum atomic E-state index is 3.47. The maximum Gasteiger partial charge on any atom is 0.00434 e. The van der Waals surface area contributed by atoms with Gasteiger partial charge in [0.05, 0.1) is 0 Å². The van der Waals surface area contributed by atoms with Crippen molar-refractivity contribution in [3.05, 3.63) is 0 Å². The molecule has 0 amide bonds. The van der Waals surface area contributed by atoms with Gasteiger partial charge in [0.15, 0.2) is 0 Å². The molecule has 0 atom stereocenters. The summed E-state index contributed by atoms with van der Waals surface area (Å²) < 4.78 is 0. The van der Waals surface area contributed by atoms with E-state index in [0.29, 0.717) is 0 Å². The van der Waals surface area contributed by atoms with Gasteiger partial charge in [0.1, 0.15) is 0 Å². The summed E-state index contributed by atoms with van der Waals surface area (Å²) in [6, 6.07) is 0. The Bertz CT molecular complexity index is 101. The Morgan fingerprint density at radius 3 is 2.38 bits per heavy atom. The van der Waals surface area contributed by atoms with Gasteiger partial charge in [0.25, 0.3) is 0 Å². The number of thioether (sulfide) groups is 1. The predicted molar refractivity (Wildman–Crippen MR) is 68.1 cm³/mol. The standard InChI is InChI=1S/C10H22BrNS/c1-3-12(8-5-7-11)9-6-10-13-4-2/h3-10H2,1-2H3. The van der Waals surface area contributed by atoms with Gasteiger partial charge in [-0.25, -0.2) is 0 Å². The minimum Gasteiger partial charge on any atom is -0.304 e. The van der Waals surface area contributed by atoms with Gasteiger partial charge in [0, 0.05) is 5.33 Å². The van der Waals surface area contributed by atoms with Crippen LogP contribution in [0.2, 0.25) is 0 Å². The predicted octanol–water partition coefficient (Wildman–Crippen LogP) is 3.24. The second-order valence-electron chi connectivity index (χ2n) is 3.03. The van der Waals surface area contributed by atoms with Gasteiger partial charge in [-0.15, -0.1) is 0 Å². The Kier molecular flexibility index (Phi) is 11.5. The Morgan fingerprint density at radius 1 is 1.15 bits per heavy atom. The number of halogens is 1. The molecule has 13 heavy (non-hydrogen) atoms. The van der Waals surface area contributed by atoms with Crippen LogP contribution in [-0.2, 0) is 0 Å². The van der Waals surface area contributed by atoms with Crippen molar-refractivity contribution in [3.63, 3.8) is 0 Å². The van der Waals surface area contributed by atoms with Crippen LogP contribution in [0.4, 0.5) is 0 Å². The van der Waals surface area contributed by atoms with Crippen LogP contribution in [0, 0.1) is 0 Å². The molecule has 0 aromatic rings. The normalized spacial score (nSPS) is 11.1. The molecule has 0 rings (SSSR count). The van der Waals surface area contributed by atoms with E-state index < -0.39 is 0 Å². The van der Waals surface area contributed by atoms with Crippen molar-refractivity contribution in [3.8, 4) is 0 Å². The molecule has 0 heterocycles. The molecule has 3 heteroatoms. The molecule has 0 saturated heterocycles. The smallest absolute Gasteiger partial charge is 0.00434 e. The summed E-state index contributed by atoms with van der Waals surface area (Å²) in [4.78, 5) is 2.54. The first-order chi connectivity index (χ1) is 6.35. The zero-order chi connectivity index (χ0) is 9.94. The third kappa shape index (κ3) is 9.10. The molecular formula is C10H22BrNS. The minimum atomic E-state index is 1.13. The van der Waals surface area contributed by atoms with Crippen LogP contribution >= 0.6 is 27.7 Å². The van der Waals surface area contributed by atoms with E-state index >= 15 is 0 Å². The summed E-state index contributed by atoms with van der Waals surface area (Å²) in [5.74, 6) is 2.58. The fourth-order valence-electron chi connectivity index (χ4n) is 1.25. The van der Waals surface area contributed by atoms with Crippen LogP contribution in [-0.4, -0.2) is 41.4 Å². The summed E-state index contributed by atoms with van der Waals surface area (Å²) in [5.41, 5.74) is 0. The molecular weight excluding hydrogens is 246 g/mol. The van der Waals surface area contributed by atoms with Crippen molar-refractivity contribution < 1.29 is 0 Å². The van der Waals surface area contributed by atoms with Crippen LogP contribution in [0.5, 0.6) is 0 Å². The first-order valence-corrected chi connectivity index (χ1v) is 7.48. The Morgan fingerprint density at radius 2 is 1.85 bits per heavy atom. The van der Waals surface area contributed by atoms with E-state index in [9.17, 15) is 0 Å². The highest BCUT2D eigenvalue weighted by atomic mass is 79.9. The van der Waals surface area contributed by atoms with E-state index in [4.69, 9.17) is 0 Å². The Labute approximate surface area is 95.8 Å². The monoisotopic (exact) mass is 267 g/mol. The number of rotatable bonds is 9. The third-order valence-corrected chi connectivity index (χ3v) is 3.57. The highest BCUT2D eigenvalue weighted by Gasteiger charge is 2.00. The van der Waals surface area contributed by atoms with Crippen LogP contribution < -0.4 is 0 Å². The van der Waals surface area contributed by atoms with E-state index in [0.717, 1.165) is 5.33 Å². The molecule has 0 unspecified atom stereocenters. The largest absolute Gasteiger partial charge is 0.304 e. The lowest BCUT2D eigenvalue weighted by atomic mass is 10.3. The van der Waals surface area contributed by atoms with E-state index in [2.05, 4.69) is 34.7 Å². The molecule has 80 valence electrons. The molecule has 0 fully saturated rings. The molecule has 0 aliphatic heterocycles. The molecule has 0 aliphatic rings. The first-order valence-electron chi connectivity index (χ1n) is 5.21. The van der Waals surface area contributed by atoms with Gasteiger partial charge in [-0.05, 0) is 44.0 Å². The Balaban J connectivity index is 3.25. The van der Waals surface area contributed by atoms with Crippen molar-refractivity contribution in [2.45, 2.75) is 26.7 Å². The number of hydrogen-bond donors (Lipinski definition) is 0. The van der Waals surface area contributed by atoms with E-state index in [1.807, 2.05) is 11.8 Å².